The quantitative estimate of drug-likeness (QED) is 0.596. The Hall–Kier alpha value is -3.00. The fourth-order valence-electron chi connectivity index (χ4n) is 3.96. The molecule has 2 aliphatic heterocycles. The molecule has 0 bridgehead atoms. The second-order valence-electron chi connectivity index (χ2n) is 7.32. The number of carbonyl (C=O) groups excluding carboxylic acids is 1. The van der Waals surface area contributed by atoms with Gasteiger partial charge in [-0.3, -0.25) is 4.79 Å². The normalized spacial score (nSPS) is 22.0. The van der Waals surface area contributed by atoms with Gasteiger partial charge in [-0.15, -0.1) is 4.31 Å². The van der Waals surface area contributed by atoms with Gasteiger partial charge >= 0.3 is 10.3 Å². The number of carbonyl (C=O) groups is 1. The van der Waals surface area contributed by atoms with Crippen molar-refractivity contribution >= 4 is 16.1 Å². The van der Waals surface area contributed by atoms with E-state index >= 15 is 0 Å². The molecule has 1 saturated heterocycles. The van der Waals surface area contributed by atoms with Crippen molar-refractivity contribution in [1.82, 2.24) is 4.31 Å². The molecular weight excluding hydrogens is 402 g/mol. The predicted molar refractivity (Wildman–Crippen MR) is 111 cm³/mol. The first-order valence-corrected chi connectivity index (χ1v) is 11.0. The molecule has 2 atom stereocenters. The number of hydrogen-bond donors (Lipinski definition) is 0. The molecule has 7 heteroatoms. The lowest BCUT2D eigenvalue weighted by Crippen LogP contribution is -2.44. The molecule has 30 heavy (non-hydrogen) atoms. The summed E-state index contributed by atoms with van der Waals surface area (Å²) in [6.07, 6.45) is -0.785. The Morgan fingerprint density at radius 1 is 0.933 bits per heavy atom. The molecular formula is C23H19NO5S. The van der Waals surface area contributed by atoms with E-state index in [1.54, 1.807) is 30.3 Å². The molecule has 0 radical (unpaired) electrons. The molecule has 0 spiro atoms. The lowest BCUT2D eigenvalue weighted by molar-refractivity contribution is 0.0574. The van der Waals surface area contributed by atoms with Gasteiger partial charge in [0.15, 0.2) is 17.8 Å². The van der Waals surface area contributed by atoms with Crippen molar-refractivity contribution in [2.45, 2.75) is 18.7 Å². The summed E-state index contributed by atoms with van der Waals surface area (Å²) >= 11 is 0. The van der Waals surface area contributed by atoms with Crippen LogP contribution in [0, 0.1) is 0 Å². The lowest BCUT2D eigenvalue weighted by atomic mass is 10.0. The van der Waals surface area contributed by atoms with Crippen molar-refractivity contribution in [2.75, 3.05) is 6.61 Å². The van der Waals surface area contributed by atoms with Crippen molar-refractivity contribution in [1.29, 1.82) is 0 Å². The Labute approximate surface area is 174 Å². The highest BCUT2D eigenvalue weighted by molar-refractivity contribution is 7.84. The van der Waals surface area contributed by atoms with Crippen LogP contribution in [-0.4, -0.2) is 31.2 Å². The van der Waals surface area contributed by atoms with E-state index < -0.39 is 22.6 Å². The maximum absolute atomic E-state index is 12.8. The molecule has 152 valence electrons. The summed E-state index contributed by atoms with van der Waals surface area (Å²) in [5.41, 5.74) is 3.13. The summed E-state index contributed by atoms with van der Waals surface area (Å²) in [4.78, 5) is 12.7. The average molecular weight is 421 g/mol. The van der Waals surface area contributed by atoms with Gasteiger partial charge in [-0.1, -0.05) is 66.7 Å². The van der Waals surface area contributed by atoms with E-state index in [0.717, 1.165) is 11.1 Å². The summed E-state index contributed by atoms with van der Waals surface area (Å²) in [6.45, 7) is 0.126. The molecule has 1 fully saturated rings. The van der Waals surface area contributed by atoms with Crippen LogP contribution in [0.2, 0.25) is 0 Å². The summed E-state index contributed by atoms with van der Waals surface area (Å²) in [5.74, 6) is 0.120. The van der Waals surface area contributed by atoms with Gasteiger partial charge in [0, 0.05) is 17.5 Å². The highest BCUT2D eigenvalue weighted by Gasteiger charge is 2.49. The zero-order chi connectivity index (χ0) is 20.7. The van der Waals surface area contributed by atoms with Gasteiger partial charge in [-0.2, -0.15) is 8.42 Å². The number of rotatable bonds is 4. The van der Waals surface area contributed by atoms with E-state index in [1.165, 1.54) is 4.31 Å². The van der Waals surface area contributed by atoms with Crippen LogP contribution in [0.1, 0.15) is 28.6 Å². The van der Waals surface area contributed by atoms with Crippen LogP contribution in [0.25, 0.3) is 11.1 Å². The zero-order valence-electron chi connectivity index (χ0n) is 16.0. The number of nitrogens with zero attached hydrogens (tertiary/aromatic N) is 1. The number of ketones is 1. The summed E-state index contributed by atoms with van der Waals surface area (Å²) < 4.78 is 38.1. The third-order valence-corrected chi connectivity index (χ3v) is 6.79. The third kappa shape index (κ3) is 3.31. The number of benzene rings is 3. The highest BCUT2D eigenvalue weighted by Crippen LogP contribution is 2.45. The van der Waals surface area contributed by atoms with Crippen molar-refractivity contribution in [3.8, 4) is 16.9 Å². The van der Waals surface area contributed by atoms with Crippen LogP contribution in [0.5, 0.6) is 5.75 Å². The van der Waals surface area contributed by atoms with Crippen molar-refractivity contribution in [3.05, 3.63) is 90.0 Å². The average Bonchev–Trinajstić information content (AvgIpc) is 3.20. The minimum absolute atomic E-state index is 0.0246. The first-order valence-electron chi connectivity index (χ1n) is 9.65. The Morgan fingerprint density at radius 2 is 1.63 bits per heavy atom. The zero-order valence-corrected chi connectivity index (χ0v) is 16.8. The maximum atomic E-state index is 12.8. The van der Waals surface area contributed by atoms with Gasteiger partial charge in [0.1, 0.15) is 0 Å². The van der Waals surface area contributed by atoms with Crippen LogP contribution in [-0.2, 0) is 15.0 Å². The van der Waals surface area contributed by atoms with E-state index in [9.17, 15) is 13.2 Å². The van der Waals surface area contributed by atoms with Gasteiger partial charge in [0.05, 0.1) is 12.6 Å². The largest absolute Gasteiger partial charge is 0.388 e. The molecule has 0 aromatic heterocycles. The van der Waals surface area contributed by atoms with E-state index in [0.29, 0.717) is 11.1 Å². The van der Waals surface area contributed by atoms with E-state index in [-0.39, 0.29) is 24.6 Å². The Balaban J connectivity index is 1.48. The van der Waals surface area contributed by atoms with Crippen molar-refractivity contribution in [3.63, 3.8) is 0 Å². The smallest absolute Gasteiger partial charge is 0.370 e. The Bertz CT molecular complexity index is 1190. The predicted octanol–water partition coefficient (Wildman–Crippen LogP) is 3.96. The molecule has 0 saturated carbocycles. The first-order chi connectivity index (χ1) is 14.5. The second kappa shape index (κ2) is 7.36. The maximum Gasteiger partial charge on any atom is 0.388 e. The molecule has 2 aliphatic rings. The van der Waals surface area contributed by atoms with Gasteiger partial charge in [-0.25, -0.2) is 0 Å². The van der Waals surface area contributed by atoms with Crippen LogP contribution in [0.4, 0.5) is 0 Å². The molecule has 0 amide bonds. The minimum atomic E-state index is -4.07. The van der Waals surface area contributed by atoms with Crippen molar-refractivity contribution in [2.24, 2.45) is 0 Å². The van der Waals surface area contributed by atoms with Crippen LogP contribution >= 0.6 is 0 Å². The summed E-state index contributed by atoms with van der Waals surface area (Å²) in [7, 11) is -4.07. The summed E-state index contributed by atoms with van der Waals surface area (Å²) in [5, 5.41) is 0. The van der Waals surface area contributed by atoms with Crippen molar-refractivity contribution < 1.29 is 22.1 Å². The van der Waals surface area contributed by atoms with Crippen LogP contribution < -0.4 is 4.18 Å². The molecule has 6 nitrogen and oxygen atoms in total. The Kier molecular flexibility index (Phi) is 4.66. The van der Waals surface area contributed by atoms with Crippen LogP contribution in [0.3, 0.4) is 0 Å². The standard InChI is InChI=1S/C23H19NO5S/c25-21(17-9-5-2-6-10-17)14-19-15-28-23-20-13-18(16-7-3-1-4-8-16)11-12-22(20)29-30(26,27)24(19)23/h1-13,19,23H,14-15H2/t19-,23+/m1/s1. The molecule has 0 aliphatic carbocycles. The number of Topliss-reactive ketones (excluding diaryl/α,β-unsaturated/α-hetero) is 1. The third-order valence-electron chi connectivity index (χ3n) is 5.39. The molecule has 0 N–H and O–H groups in total. The molecule has 2 heterocycles. The SMILES string of the molecule is O=C(C[C@@H]1CO[C@H]2c3cc(-c4ccccc4)ccc3OS(=O)(=O)N12)c1ccccc1. The monoisotopic (exact) mass is 421 g/mol. The molecule has 0 unspecified atom stereocenters. The van der Waals surface area contributed by atoms with Gasteiger partial charge < -0.3 is 8.92 Å². The molecule has 3 aromatic rings. The topological polar surface area (TPSA) is 72.9 Å². The van der Waals surface area contributed by atoms with E-state index in [1.807, 2.05) is 48.5 Å². The lowest BCUT2D eigenvalue weighted by Gasteiger charge is -2.32. The van der Waals surface area contributed by atoms with E-state index in [4.69, 9.17) is 8.92 Å². The van der Waals surface area contributed by atoms with Gasteiger partial charge in [0.2, 0.25) is 0 Å². The second-order valence-corrected chi connectivity index (χ2v) is 8.77. The fourth-order valence-corrected chi connectivity index (χ4v) is 5.33. The summed E-state index contributed by atoms with van der Waals surface area (Å²) in [6, 6.07) is 23.4. The van der Waals surface area contributed by atoms with Gasteiger partial charge in [0.25, 0.3) is 0 Å². The molecule has 3 aromatic carbocycles. The first kappa shape index (κ1) is 19.0. The number of hydrogen-bond acceptors (Lipinski definition) is 5. The van der Waals surface area contributed by atoms with Gasteiger partial charge in [-0.05, 0) is 23.3 Å². The molecule has 5 rings (SSSR count). The number of ether oxygens (including phenoxy) is 1. The fraction of sp³-hybridized carbons (Fsp3) is 0.174. The number of fused-ring (bicyclic) bond motifs is 3. The highest BCUT2D eigenvalue weighted by atomic mass is 32.2. The Morgan fingerprint density at radius 3 is 2.37 bits per heavy atom. The minimum Gasteiger partial charge on any atom is -0.370 e. The van der Waals surface area contributed by atoms with E-state index in [2.05, 4.69) is 0 Å². The van der Waals surface area contributed by atoms with Crippen LogP contribution in [0.15, 0.2) is 78.9 Å².